The average molecular weight is 177 g/mol. The van der Waals surface area contributed by atoms with Gasteiger partial charge in [0.1, 0.15) is 37.1 Å². The highest BCUT2D eigenvalue weighted by atomic mass is 32.2. The van der Waals surface area contributed by atoms with Gasteiger partial charge in [0.05, 0.1) is 13.2 Å². The van der Waals surface area contributed by atoms with Crippen LogP contribution in [0.3, 0.4) is 0 Å². The zero-order chi connectivity index (χ0) is 7.73. The third-order valence-electron chi connectivity index (χ3n) is 1.83. The zero-order valence-corrected chi connectivity index (χ0v) is 7.01. The normalized spacial score (nSPS) is 43.9. The van der Waals surface area contributed by atoms with Crippen LogP contribution in [0.2, 0.25) is 0 Å². The first-order valence-corrected chi connectivity index (χ1v) is 4.65. The number of nitrogens with zero attached hydrogens (tertiary/aromatic N) is 1. The first kappa shape index (κ1) is 7.82. The number of epoxide rings is 1. The zero-order valence-electron chi connectivity index (χ0n) is 6.19. The Labute approximate surface area is 69.8 Å². The van der Waals surface area contributed by atoms with Gasteiger partial charge in [-0.15, -0.1) is 0 Å². The van der Waals surface area contributed by atoms with E-state index in [2.05, 4.69) is 0 Å². The topological polar surface area (TPSA) is 44.8 Å². The van der Waals surface area contributed by atoms with E-state index in [-0.39, 0.29) is 10.2 Å². The van der Waals surface area contributed by atoms with Crippen molar-refractivity contribution in [3.05, 3.63) is 5.21 Å². The monoisotopic (exact) mass is 177 g/mol. The van der Waals surface area contributed by atoms with E-state index in [1.165, 1.54) is 11.9 Å². The Morgan fingerprint density at radius 1 is 1.64 bits per heavy atom. The summed E-state index contributed by atoms with van der Waals surface area (Å²) in [7, 11) is 0. The summed E-state index contributed by atoms with van der Waals surface area (Å²) in [4.78, 5) is 0. The van der Waals surface area contributed by atoms with Crippen LogP contribution in [0.1, 0.15) is 0 Å². The molecule has 0 radical (unpaired) electrons. The predicted octanol–water partition coefficient (Wildman–Crippen LogP) is 0.336. The summed E-state index contributed by atoms with van der Waals surface area (Å²) < 4.78 is 9.89. The molecule has 0 aromatic carbocycles. The van der Waals surface area contributed by atoms with Crippen LogP contribution in [0.4, 0.5) is 0 Å². The third kappa shape index (κ3) is 2.07. The molecule has 2 atom stereocenters. The maximum absolute atomic E-state index is 11.7. The number of ether oxygens (including phenoxy) is 2. The molecule has 2 unspecified atom stereocenters. The maximum Gasteiger partial charge on any atom is 0.147 e. The fourth-order valence-corrected chi connectivity index (χ4v) is 1.95. The quantitative estimate of drug-likeness (QED) is 0.264. The Morgan fingerprint density at radius 2 is 2.45 bits per heavy atom. The van der Waals surface area contributed by atoms with Crippen LogP contribution in [0.5, 0.6) is 0 Å². The molecule has 0 amide bonds. The van der Waals surface area contributed by atoms with Gasteiger partial charge in [0.25, 0.3) is 0 Å². The summed E-state index contributed by atoms with van der Waals surface area (Å²) in [5, 5.41) is 11.7. The molecule has 4 nitrogen and oxygen atoms in total. The van der Waals surface area contributed by atoms with E-state index < -0.39 is 0 Å². The molecule has 0 aromatic rings. The fourth-order valence-electron chi connectivity index (χ4n) is 1.09. The van der Waals surface area contributed by atoms with Crippen molar-refractivity contribution >= 4 is 11.9 Å². The minimum Gasteiger partial charge on any atom is -0.620 e. The van der Waals surface area contributed by atoms with E-state index in [1.807, 2.05) is 0 Å². The van der Waals surface area contributed by atoms with Crippen LogP contribution in [-0.4, -0.2) is 42.4 Å². The molecule has 64 valence electrons. The second kappa shape index (κ2) is 2.91. The minimum absolute atomic E-state index is 0.190. The Hall–Kier alpha value is 0.190. The summed E-state index contributed by atoms with van der Waals surface area (Å²) in [6.45, 7) is 2.51. The molecule has 0 bridgehead atoms. The van der Waals surface area contributed by atoms with Gasteiger partial charge in [-0.2, -0.15) is 0 Å². The first-order valence-electron chi connectivity index (χ1n) is 3.70. The van der Waals surface area contributed by atoms with E-state index in [9.17, 15) is 5.21 Å². The summed E-state index contributed by atoms with van der Waals surface area (Å²) in [6, 6.07) is 0. The van der Waals surface area contributed by atoms with Crippen molar-refractivity contribution in [2.75, 3.05) is 32.2 Å². The lowest BCUT2D eigenvalue weighted by Gasteiger charge is -2.41. The van der Waals surface area contributed by atoms with Gasteiger partial charge in [-0.3, -0.25) is 4.05 Å². The van der Waals surface area contributed by atoms with Crippen LogP contribution < -0.4 is 0 Å². The summed E-state index contributed by atoms with van der Waals surface area (Å²) in [5.74, 6) is 0.524. The van der Waals surface area contributed by atoms with Crippen molar-refractivity contribution in [1.82, 2.24) is 0 Å². The van der Waals surface area contributed by atoms with E-state index in [4.69, 9.17) is 9.47 Å². The van der Waals surface area contributed by atoms with Crippen molar-refractivity contribution in [3.63, 3.8) is 0 Å². The molecule has 5 heteroatoms. The van der Waals surface area contributed by atoms with E-state index >= 15 is 0 Å². The van der Waals surface area contributed by atoms with Crippen molar-refractivity contribution in [1.29, 1.82) is 0 Å². The van der Waals surface area contributed by atoms with Crippen molar-refractivity contribution in [2.45, 2.75) is 6.10 Å². The lowest BCUT2D eigenvalue weighted by atomic mass is 10.4. The largest absolute Gasteiger partial charge is 0.620 e. The number of hydrogen-bond acceptors (Lipinski definition) is 4. The van der Waals surface area contributed by atoms with Crippen molar-refractivity contribution < 1.29 is 13.5 Å². The van der Waals surface area contributed by atoms with Crippen LogP contribution >= 0.6 is 11.9 Å². The average Bonchev–Trinajstić information content (AvgIpc) is 2.72. The molecule has 0 saturated carbocycles. The highest BCUT2D eigenvalue weighted by Crippen LogP contribution is 2.28. The van der Waals surface area contributed by atoms with Gasteiger partial charge in [-0.25, -0.2) is 0 Å². The Kier molecular flexibility index (Phi) is 2.07. The number of hydroxylamine groups is 2. The van der Waals surface area contributed by atoms with Crippen LogP contribution in [-0.2, 0) is 9.47 Å². The van der Waals surface area contributed by atoms with E-state index in [1.54, 1.807) is 0 Å². The Balaban J connectivity index is 1.84. The second-order valence-electron chi connectivity index (χ2n) is 2.83. The predicted molar refractivity (Wildman–Crippen MR) is 41.5 cm³/mol. The van der Waals surface area contributed by atoms with Gasteiger partial charge < -0.3 is 14.7 Å². The molecular weight excluding hydrogens is 166 g/mol. The van der Waals surface area contributed by atoms with E-state index in [0.29, 0.717) is 25.6 Å². The summed E-state index contributed by atoms with van der Waals surface area (Å²) >= 11 is 1.31. The SMILES string of the molecule is [O-][N+]1(CC2CO2)CCOCS1. The highest BCUT2D eigenvalue weighted by molar-refractivity contribution is 7.93. The first-order chi connectivity index (χ1) is 5.29. The van der Waals surface area contributed by atoms with Crippen molar-refractivity contribution in [2.24, 2.45) is 0 Å². The molecule has 0 N–H and O–H groups in total. The van der Waals surface area contributed by atoms with E-state index in [0.717, 1.165) is 6.61 Å². The molecule has 0 aromatic heterocycles. The van der Waals surface area contributed by atoms with Crippen LogP contribution in [0.25, 0.3) is 0 Å². The minimum atomic E-state index is -0.190. The molecule has 2 rings (SSSR count). The van der Waals surface area contributed by atoms with Crippen LogP contribution in [0, 0.1) is 5.21 Å². The van der Waals surface area contributed by atoms with Gasteiger partial charge in [-0.05, 0) is 0 Å². The second-order valence-corrected chi connectivity index (χ2v) is 3.99. The number of hydrogen-bond donors (Lipinski definition) is 0. The summed E-state index contributed by atoms with van der Waals surface area (Å²) in [6.07, 6.45) is 0.220. The molecule has 2 fully saturated rings. The fraction of sp³-hybridized carbons (Fsp3) is 1.00. The molecule has 0 spiro atoms. The molecule has 11 heavy (non-hydrogen) atoms. The number of quaternary nitrogens is 1. The molecule has 2 saturated heterocycles. The van der Waals surface area contributed by atoms with Gasteiger partial charge in [0.15, 0.2) is 0 Å². The van der Waals surface area contributed by atoms with Gasteiger partial charge in [0.2, 0.25) is 0 Å². The van der Waals surface area contributed by atoms with Gasteiger partial charge in [-0.1, -0.05) is 0 Å². The molecular formula is C6H11NO3S. The third-order valence-corrected chi connectivity index (χ3v) is 2.91. The standard InChI is InChI=1S/C6H11NO3S/c8-7(3-6-4-10-6)1-2-9-5-11-7/h6H,1-5H2. The molecule has 0 aliphatic carbocycles. The molecule has 2 heterocycles. The van der Waals surface area contributed by atoms with Crippen molar-refractivity contribution in [3.8, 4) is 0 Å². The lowest BCUT2D eigenvalue weighted by Crippen LogP contribution is -2.44. The molecule has 2 aliphatic rings. The maximum atomic E-state index is 11.7. The number of rotatable bonds is 2. The Morgan fingerprint density at radius 3 is 3.00 bits per heavy atom. The Bertz CT molecular complexity index is 145. The van der Waals surface area contributed by atoms with Gasteiger partial charge >= 0.3 is 0 Å². The molecule has 2 aliphatic heterocycles. The smallest absolute Gasteiger partial charge is 0.147 e. The van der Waals surface area contributed by atoms with Gasteiger partial charge in [0, 0.05) is 0 Å². The highest BCUT2D eigenvalue weighted by Gasteiger charge is 2.34. The van der Waals surface area contributed by atoms with Crippen LogP contribution in [0.15, 0.2) is 0 Å². The summed E-state index contributed by atoms with van der Waals surface area (Å²) in [5.41, 5.74) is 0. The lowest BCUT2D eigenvalue weighted by molar-refractivity contribution is -0.747.